The Kier molecular flexibility index (Phi) is 5.03. The topological polar surface area (TPSA) is 46.9 Å². The van der Waals surface area contributed by atoms with Gasteiger partial charge in [0, 0.05) is 16.5 Å². The van der Waals surface area contributed by atoms with Crippen LogP contribution >= 0.6 is 23.2 Å². The lowest BCUT2D eigenvalue weighted by Crippen LogP contribution is -2.27. The van der Waals surface area contributed by atoms with Crippen molar-refractivity contribution in [3.8, 4) is 0 Å². The zero-order valence-electron chi connectivity index (χ0n) is 14.9. The van der Waals surface area contributed by atoms with Gasteiger partial charge in [-0.1, -0.05) is 44.0 Å². The van der Waals surface area contributed by atoms with Crippen molar-refractivity contribution in [2.45, 2.75) is 52.5 Å². The van der Waals surface area contributed by atoms with Crippen LogP contribution in [0.5, 0.6) is 0 Å². The highest BCUT2D eigenvalue weighted by atomic mass is 35.5. The van der Waals surface area contributed by atoms with Crippen molar-refractivity contribution < 1.29 is 4.79 Å². The molecule has 0 saturated carbocycles. The molecule has 0 aliphatic heterocycles. The lowest BCUT2D eigenvalue weighted by molar-refractivity contribution is 0.102. The summed E-state index contributed by atoms with van der Waals surface area (Å²) < 4.78 is 1.83. The van der Waals surface area contributed by atoms with Gasteiger partial charge in [-0.15, -0.1) is 0 Å². The van der Waals surface area contributed by atoms with Gasteiger partial charge < -0.3 is 5.32 Å². The summed E-state index contributed by atoms with van der Waals surface area (Å²) in [6.07, 6.45) is 0. The molecule has 0 unspecified atom stereocenters. The molecular formula is C18H23Cl2N3O. The van der Waals surface area contributed by atoms with E-state index < -0.39 is 0 Å². The Morgan fingerprint density at radius 2 is 1.71 bits per heavy atom. The molecule has 2 aromatic rings. The molecule has 0 saturated heterocycles. The molecule has 0 fully saturated rings. The number of anilines is 1. The van der Waals surface area contributed by atoms with Crippen LogP contribution in [0.15, 0.2) is 24.3 Å². The molecular weight excluding hydrogens is 345 g/mol. The van der Waals surface area contributed by atoms with Crippen molar-refractivity contribution in [1.29, 1.82) is 0 Å². The molecule has 1 heterocycles. The van der Waals surface area contributed by atoms with Crippen LogP contribution in [0.2, 0.25) is 10.0 Å². The highest BCUT2D eigenvalue weighted by Gasteiger charge is 2.26. The number of hydrogen-bond donors (Lipinski definition) is 1. The Bertz CT molecular complexity index is 768. The van der Waals surface area contributed by atoms with E-state index in [1.807, 2.05) is 31.5 Å². The monoisotopic (exact) mass is 367 g/mol. The maximum Gasteiger partial charge on any atom is 0.258 e. The van der Waals surface area contributed by atoms with Crippen molar-refractivity contribution in [3.63, 3.8) is 0 Å². The highest BCUT2D eigenvalue weighted by molar-refractivity contribution is 6.37. The van der Waals surface area contributed by atoms with Crippen LogP contribution in [0.25, 0.3) is 0 Å². The number of rotatable bonds is 2. The average molecular weight is 368 g/mol. The molecule has 0 aliphatic rings. The van der Waals surface area contributed by atoms with Gasteiger partial charge in [-0.05, 0) is 39.0 Å². The maximum atomic E-state index is 12.6. The fourth-order valence-electron chi connectivity index (χ4n) is 2.21. The molecule has 0 bridgehead atoms. The largest absolute Gasteiger partial charge is 0.307 e. The predicted molar refractivity (Wildman–Crippen MR) is 100 cm³/mol. The Hall–Kier alpha value is -1.52. The number of carbonyl (C=O) groups is 1. The third-order valence-electron chi connectivity index (χ3n) is 3.53. The zero-order valence-corrected chi connectivity index (χ0v) is 16.4. The van der Waals surface area contributed by atoms with Gasteiger partial charge in [-0.3, -0.25) is 4.79 Å². The molecule has 1 aromatic carbocycles. The minimum absolute atomic E-state index is 0.117. The molecule has 1 amide bonds. The van der Waals surface area contributed by atoms with Gasteiger partial charge >= 0.3 is 0 Å². The van der Waals surface area contributed by atoms with Crippen molar-refractivity contribution in [2.75, 3.05) is 5.32 Å². The van der Waals surface area contributed by atoms with Gasteiger partial charge in [0.1, 0.15) is 5.82 Å². The minimum Gasteiger partial charge on any atom is -0.307 e. The minimum atomic E-state index is -0.289. The van der Waals surface area contributed by atoms with Crippen LogP contribution in [0, 0.1) is 0 Å². The molecule has 24 heavy (non-hydrogen) atoms. The molecule has 0 atom stereocenters. The fraction of sp³-hybridized carbons (Fsp3) is 0.444. The SMILES string of the molecule is CC(C)(C)c1cc(NC(=O)c2ccc(Cl)cc2Cl)n(C(C)(C)C)n1. The Labute approximate surface area is 153 Å². The van der Waals surface area contributed by atoms with E-state index in [1.54, 1.807) is 18.2 Å². The number of benzene rings is 1. The smallest absolute Gasteiger partial charge is 0.258 e. The summed E-state index contributed by atoms with van der Waals surface area (Å²) in [5, 5.41) is 8.41. The molecule has 6 heteroatoms. The highest BCUT2D eigenvalue weighted by Crippen LogP contribution is 2.29. The predicted octanol–water partition coefficient (Wildman–Crippen LogP) is 5.49. The second kappa shape index (κ2) is 6.41. The number of carbonyl (C=O) groups excluding carboxylic acids is 1. The van der Waals surface area contributed by atoms with E-state index in [2.05, 4.69) is 31.2 Å². The molecule has 0 radical (unpaired) electrons. The molecule has 1 aromatic heterocycles. The van der Waals surface area contributed by atoms with E-state index >= 15 is 0 Å². The fourth-order valence-corrected chi connectivity index (χ4v) is 2.70. The summed E-state index contributed by atoms with van der Waals surface area (Å²) >= 11 is 12.0. The average Bonchev–Trinajstić information content (AvgIpc) is 2.82. The standard InChI is InChI=1S/C18H23Cl2N3O/c1-17(2,3)14-10-15(23(22-14)18(4,5)6)21-16(24)12-8-7-11(19)9-13(12)20/h7-10H,1-6H3,(H,21,24). The van der Waals surface area contributed by atoms with Gasteiger partial charge in [-0.25, -0.2) is 4.68 Å². The number of hydrogen-bond acceptors (Lipinski definition) is 2. The molecule has 0 aliphatic carbocycles. The van der Waals surface area contributed by atoms with Gasteiger partial charge in [0.05, 0.1) is 21.8 Å². The zero-order chi connectivity index (χ0) is 18.3. The summed E-state index contributed by atoms with van der Waals surface area (Å²) in [4.78, 5) is 12.6. The van der Waals surface area contributed by atoms with Crippen LogP contribution in [0.3, 0.4) is 0 Å². The van der Waals surface area contributed by atoms with E-state index in [0.29, 0.717) is 21.4 Å². The Morgan fingerprint density at radius 3 is 2.21 bits per heavy atom. The number of aromatic nitrogens is 2. The first-order chi connectivity index (χ1) is 10.9. The molecule has 0 spiro atoms. The summed E-state index contributed by atoms with van der Waals surface area (Å²) in [5.41, 5.74) is 0.902. The van der Waals surface area contributed by atoms with E-state index in [-0.39, 0.29) is 16.9 Å². The third-order valence-corrected chi connectivity index (χ3v) is 4.08. The first-order valence-electron chi connectivity index (χ1n) is 7.77. The van der Waals surface area contributed by atoms with E-state index in [9.17, 15) is 4.79 Å². The second-order valence-electron chi connectivity index (χ2n) is 7.83. The number of nitrogens with zero attached hydrogens (tertiary/aromatic N) is 2. The van der Waals surface area contributed by atoms with Crippen molar-refractivity contribution in [1.82, 2.24) is 9.78 Å². The van der Waals surface area contributed by atoms with Crippen molar-refractivity contribution in [2.24, 2.45) is 0 Å². The normalized spacial score (nSPS) is 12.3. The Balaban J connectivity index is 2.41. The maximum absolute atomic E-state index is 12.6. The summed E-state index contributed by atoms with van der Waals surface area (Å²) in [6, 6.07) is 6.72. The van der Waals surface area contributed by atoms with E-state index in [0.717, 1.165) is 5.69 Å². The molecule has 2 rings (SSSR count). The first-order valence-corrected chi connectivity index (χ1v) is 8.52. The third kappa shape index (κ3) is 4.11. The van der Waals surface area contributed by atoms with Crippen LogP contribution in [-0.2, 0) is 11.0 Å². The van der Waals surface area contributed by atoms with Gasteiger partial charge in [0.25, 0.3) is 5.91 Å². The lowest BCUT2D eigenvalue weighted by Gasteiger charge is -2.23. The number of amides is 1. The lowest BCUT2D eigenvalue weighted by atomic mass is 9.92. The summed E-state index contributed by atoms with van der Waals surface area (Å²) in [6.45, 7) is 12.4. The molecule has 1 N–H and O–H groups in total. The summed E-state index contributed by atoms with van der Waals surface area (Å²) in [5.74, 6) is 0.353. The molecule has 4 nitrogen and oxygen atoms in total. The quantitative estimate of drug-likeness (QED) is 0.761. The van der Waals surface area contributed by atoms with Crippen LogP contribution < -0.4 is 5.32 Å². The van der Waals surface area contributed by atoms with E-state index in [4.69, 9.17) is 23.2 Å². The van der Waals surface area contributed by atoms with Crippen molar-refractivity contribution >= 4 is 34.9 Å². The summed E-state index contributed by atoms with van der Waals surface area (Å²) in [7, 11) is 0. The Morgan fingerprint density at radius 1 is 1.08 bits per heavy atom. The number of nitrogens with one attached hydrogen (secondary N) is 1. The number of halogens is 2. The van der Waals surface area contributed by atoms with Crippen LogP contribution in [-0.4, -0.2) is 15.7 Å². The molecule has 130 valence electrons. The van der Waals surface area contributed by atoms with Gasteiger partial charge in [0.2, 0.25) is 0 Å². The second-order valence-corrected chi connectivity index (χ2v) is 8.67. The first kappa shape index (κ1) is 18.8. The van der Waals surface area contributed by atoms with Gasteiger partial charge in [0.15, 0.2) is 0 Å². The van der Waals surface area contributed by atoms with Crippen LogP contribution in [0.4, 0.5) is 5.82 Å². The van der Waals surface area contributed by atoms with Gasteiger partial charge in [-0.2, -0.15) is 5.10 Å². The van der Waals surface area contributed by atoms with Crippen molar-refractivity contribution in [3.05, 3.63) is 45.6 Å². The van der Waals surface area contributed by atoms with E-state index in [1.165, 1.54) is 0 Å². The van der Waals surface area contributed by atoms with Crippen LogP contribution in [0.1, 0.15) is 57.6 Å².